The predicted octanol–water partition coefficient (Wildman–Crippen LogP) is -1.02. The Morgan fingerprint density at radius 2 is 1.00 bits per heavy atom. The maximum Gasteiger partial charge on any atom is 2.00 e. The quantitative estimate of drug-likeness (QED) is 0.282. The molecule has 0 radical (unpaired) electrons. The Balaban J connectivity index is -0.0000000267. The molecular weight excluding hydrogens is 183 g/mol. The van der Waals surface area contributed by atoms with Gasteiger partial charge in [0, 0.05) is 10.4 Å². The fraction of sp³-hybridized carbons (Fsp3) is 0. The van der Waals surface area contributed by atoms with Gasteiger partial charge in [0.05, 0.1) is 0 Å². The average molecular weight is 189 g/mol. The summed E-state index contributed by atoms with van der Waals surface area (Å²) in [7, 11) is -5.17. The van der Waals surface area contributed by atoms with Gasteiger partial charge in [-0.3, -0.25) is 8.42 Å². The Morgan fingerprint density at radius 1 is 1.00 bits per heavy atom. The van der Waals surface area contributed by atoms with E-state index in [1.165, 1.54) is 0 Å². The molecule has 0 aliphatic rings. The molecule has 0 aliphatic heterocycles. The van der Waals surface area contributed by atoms with Crippen LogP contribution in [0.15, 0.2) is 0 Å². The first kappa shape index (κ1) is 23.9. The molecule has 0 aromatic rings. The van der Waals surface area contributed by atoms with Gasteiger partial charge in [-0.1, -0.05) is 0 Å². The van der Waals surface area contributed by atoms with Crippen molar-refractivity contribution in [2.24, 2.45) is 0 Å². The molecular formula is H6N2NiO4S. The van der Waals surface area contributed by atoms with Crippen molar-refractivity contribution < 1.29 is 34.0 Å². The van der Waals surface area contributed by atoms with Crippen LogP contribution in [0.1, 0.15) is 0 Å². The van der Waals surface area contributed by atoms with Gasteiger partial charge in [0.25, 0.3) is 0 Å². The van der Waals surface area contributed by atoms with Crippen molar-refractivity contribution in [3.8, 4) is 0 Å². The van der Waals surface area contributed by atoms with E-state index < -0.39 is 10.4 Å². The SMILES string of the molecule is N.N.O=S(=O)([O-])[O-].[Ni+2]. The van der Waals surface area contributed by atoms with Crippen LogP contribution < -0.4 is 12.3 Å². The Morgan fingerprint density at radius 3 is 1.00 bits per heavy atom. The minimum absolute atomic E-state index is 0. The summed E-state index contributed by atoms with van der Waals surface area (Å²) in [5, 5.41) is 0. The summed E-state index contributed by atoms with van der Waals surface area (Å²) >= 11 is 0. The van der Waals surface area contributed by atoms with Gasteiger partial charge in [-0.15, -0.1) is 0 Å². The van der Waals surface area contributed by atoms with Gasteiger partial charge in [-0.05, 0) is 0 Å². The summed E-state index contributed by atoms with van der Waals surface area (Å²) in [6.07, 6.45) is 0. The second-order valence-electron chi connectivity index (χ2n) is 0.408. The minimum Gasteiger partial charge on any atom is -0.759 e. The van der Waals surface area contributed by atoms with E-state index in [0.717, 1.165) is 0 Å². The van der Waals surface area contributed by atoms with Crippen molar-refractivity contribution >= 4 is 10.4 Å². The number of hydrogen-bond acceptors (Lipinski definition) is 6. The average Bonchev–Trinajstić information content (AvgIpc) is 0.722. The maximum atomic E-state index is 8.52. The topological polar surface area (TPSA) is 150 Å². The first-order valence-electron chi connectivity index (χ1n) is 0.667. The van der Waals surface area contributed by atoms with Crippen LogP contribution in [0, 0.1) is 0 Å². The molecule has 0 saturated carbocycles. The van der Waals surface area contributed by atoms with Crippen LogP contribution in [0.3, 0.4) is 0 Å². The maximum absolute atomic E-state index is 8.52. The van der Waals surface area contributed by atoms with Gasteiger partial charge in [-0.2, -0.15) is 0 Å². The number of hydrogen-bond donors (Lipinski definition) is 2. The van der Waals surface area contributed by atoms with Crippen LogP contribution in [0.5, 0.6) is 0 Å². The van der Waals surface area contributed by atoms with E-state index in [1.807, 2.05) is 0 Å². The molecule has 0 fully saturated rings. The summed E-state index contributed by atoms with van der Waals surface area (Å²) in [5.74, 6) is 0. The van der Waals surface area contributed by atoms with E-state index >= 15 is 0 Å². The zero-order chi connectivity index (χ0) is 4.50. The molecule has 8 heteroatoms. The fourth-order valence-electron chi connectivity index (χ4n) is 0. The zero-order valence-electron chi connectivity index (χ0n) is 3.77. The second-order valence-corrected chi connectivity index (χ2v) is 1.22. The molecule has 56 valence electrons. The second kappa shape index (κ2) is 7.28. The van der Waals surface area contributed by atoms with Gasteiger partial charge in [-0.25, -0.2) is 0 Å². The molecule has 0 spiro atoms. The Bertz CT molecular complexity index is 97.2. The van der Waals surface area contributed by atoms with Crippen LogP contribution in [0.4, 0.5) is 0 Å². The van der Waals surface area contributed by atoms with Gasteiger partial charge >= 0.3 is 16.5 Å². The Labute approximate surface area is 57.3 Å². The van der Waals surface area contributed by atoms with Crippen LogP contribution in [0.2, 0.25) is 0 Å². The van der Waals surface area contributed by atoms with Gasteiger partial charge in [0.2, 0.25) is 0 Å². The molecule has 8 heavy (non-hydrogen) atoms. The van der Waals surface area contributed by atoms with Crippen molar-refractivity contribution in [3.63, 3.8) is 0 Å². The third kappa shape index (κ3) is 2180. The molecule has 6 nitrogen and oxygen atoms in total. The predicted molar refractivity (Wildman–Crippen MR) is 20.5 cm³/mol. The van der Waals surface area contributed by atoms with E-state index in [2.05, 4.69) is 0 Å². The summed E-state index contributed by atoms with van der Waals surface area (Å²) in [6, 6.07) is 0. The largest absolute Gasteiger partial charge is 2.00 e. The molecule has 0 atom stereocenters. The van der Waals surface area contributed by atoms with E-state index in [0.29, 0.717) is 0 Å². The Hall–Kier alpha value is 0.284. The molecule has 0 aromatic heterocycles. The summed E-state index contributed by atoms with van der Waals surface area (Å²) in [5.41, 5.74) is 0. The summed E-state index contributed by atoms with van der Waals surface area (Å²) in [6.45, 7) is 0. The first-order chi connectivity index (χ1) is 2.00. The van der Waals surface area contributed by atoms with Crippen molar-refractivity contribution in [2.75, 3.05) is 0 Å². The van der Waals surface area contributed by atoms with E-state index in [1.54, 1.807) is 0 Å². The zero-order valence-corrected chi connectivity index (χ0v) is 5.58. The van der Waals surface area contributed by atoms with Gasteiger partial charge in [0.15, 0.2) is 0 Å². The standard InChI is InChI=1S/2H3N.Ni.H2O4S/c;;;1-5(2,3)4/h2*1H3;;(H2,1,2,3,4)/q;;+2;/p-2. The van der Waals surface area contributed by atoms with Crippen molar-refractivity contribution in [2.45, 2.75) is 0 Å². The molecule has 0 heterocycles. The smallest absolute Gasteiger partial charge is 0.759 e. The molecule has 0 bridgehead atoms. The first-order valence-corrected chi connectivity index (χ1v) is 2.00. The van der Waals surface area contributed by atoms with Crippen molar-refractivity contribution in [1.29, 1.82) is 0 Å². The molecule has 6 N–H and O–H groups in total. The van der Waals surface area contributed by atoms with Gasteiger partial charge in [0.1, 0.15) is 0 Å². The third-order valence-corrected chi connectivity index (χ3v) is 0. The van der Waals surface area contributed by atoms with Crippen LogP contribution in [0.25, 0.3) is 0 Å². The number of rotatable bonds is 0. The fourth-order valence-corrected chi connectivity index (χ4v) is 0. The summed E-state index contributed by atoms with van der Waals surface area (Å²) in [4.78, 5) is 0. The normalized spacial score (nSPS) is 7.25. The van der Waals surface area contributed by atoms with Crippen LogP contribution in [-0.2, 0) is 26.9 Å². The molecule has 0 unspecified atom stereocenters. The van der Waals surface area contributed by atoms with E-state index in [4.69, 9.17) is 17.5 Å². The summed E-state index contributed by atoms with van der Waals surface area (Å²) < 4.78 is 34.1. The molecule has 0 rings (SSSR count). The molecule has 0 aromatic carbocycles. The van der Waals surface area contributed by atoms with Crippen LogP contribution >= 0.6 is 0 Å². The molecule has 0 amide bonds. The van der Waals surface area contributed by atoms with Crippen molar-refractivity contribution in [1.82, 2.24) is 12.3 Å². The monoisotopic (exact) mass is 188 g/mol. The molecule has 0 saturated heterocycles. The van der Waals surface area contributed by atoms with Crippen molar-refractivity contribution in [3.05, 3.63) is 0 Å². The van der Waals surface area contributed by atoms with Crippen LogP contribution in [-0.4, -0.2) is 17.5 Å². The molecule has 0 aliphatic carbocycles. The Kier molecular flexibility index (Phi) is 21.8. The minimum atomic E-state index is -5.17. The van der Waals surface area contributed by atoms with E-state index in [9.17, 15) is 0 Å². The van der Waals surface area contributed by atoms with Gasteiger partial charge < -0.3 is 21.4 Å². The van der Waals surface area contributed by atoms with E-state index in [-0.39, 0.29) is 28.8 Å². The third-order valence-electron chi connectivity index (χ3n) is 0.